The van der Waals surface area contributed by atoms with Gasteiger partial charge in [-0.25, -0.2) is 0 Å². The van der Waals surface area contributed by atoms with E-state index >= 15 is 0 Å². The zero-order valence-corrected chi connectivity index (χ0v) is 10.9. The molecule has 0 saturated carbocycles. The first kappa shape index (κ1) is 12.1. The first-order valence-electron chi connectivity index (χ1n) is 4.11. The van der Waals surface area contributed by atoms with Crippen LogP contribution in [0.3, 0.4) is 0 Å². The summed E-state index contributed by atoms with van der Waals surface area (Å²) in [5.41, 5.74) is 0.726. The van der Waals surface area contributed by atoms with Gasteiger partial charge in [0.05, 0.1) is 0 Å². The molecule has 0 amide bonds. The van der Waals surface area contributed by atoms with Crippen LogP contribution in [0.2, 0.25) is 5.02 Å². The summed E-state index contributed by atoms with van der Waals surface area (Å²) < 4.78 is 0. The number of Topliss-reactive ketones (excluding diaryl/α,β-unsaturated/α-hetero) is 1. The van der Waals surface area contributed by atoms with Gasteiger partial charge in [0.25, 0.3) is 0 Å². The van der Waals surface area contributed by atoms with Crippen molar-refractivity contribution in [2.45, 2.75) is 11.3 Å². The van der Waals surface area contributed by atoms with E-state index in [0.717, 1.165) is 10.5 Å². The molecule has 0 aliphatic rings. The molecule has 0 radical (unpaired) electrons. The molecule has 0 bridgehead atoms. The summed E-state index contributed by atoms with van der Waals surface area (Å²) in [4.78, 5) is 12.7. The lowest BCUT2D eigenvalue weighted by molar-refractivity contribution is 0.0987. The number of alkyl halides is 1. The normalized spacial score (nSPS) is 10.2. The summed E-state index contributed by atoms with van der Waals surface area (Å²) in [5, 5.41) is 1.30. The standard InChI is InChI=1S/C10H10BrClOS/c1-14-10-3-2-7(12)6-8(10)9(13)4-5-11/h2-3,6H,4-5H2,1H3. The SMILES string of the molecule is CSc1ccc(Cl)cc1C(=O)CCBr. The van der Waals surface area contributed by atoms with Crippen LogP contribution >= 0.6 is 39.3 Å². The molecule has 0 unspecified atom stereocenters. The fourth-order valence-electron chi connectivity index (χ4n) is 1.12. The second kappa shape index (κ2) is 5.79. The summed E-state index contributed by atoms with van der Waals surface area (Å²) in [7, 11) is 0. The Labute approximate surface area is 101 Å². The Morgan fingerprint density at radius 3 is 2.86 bits per heavy atom. The van der Waals surface area contributed by atoms with Gasteiger partial charge in [-0.1, -0.05) is 27.5 Å². The largest absolute Gasteiger partial charge is 0.294 e. The minimum atomic E-state index is 0.133. The zero-order chi connectivity index (χ0) is 10.6. The molecule has 14 heavy (non-hydrogen) atoms. The van der Waals surface area contributed by atoms with Crippen LogP contribution in [0, 0.1) is 0 Å². The predicted octanol–water partition coefficient (Wildman–Crippen LogP) is 4.03. The number of hydrogen-bond donors (Lipinski definition) is 0. The highest BCUT2D eigenvalue weighted by Gasteiger charge is 2.10. The maximum absolute atomic E-state index is 11.7. The second-order valence-corrected chi connectivity index (χ2v) is 4.78. The number of carbonyl (C=O) groups excluding carboxylic acids is 1. The molecular weight excluding hydrogens is 284 g/mol. The summed E-state index contributed by atoms with van der Waals surface area (Å²) in [5.74, 6) is 0.133. The summed E-state index contributed by atoms with van der Waals surface area (Å²) in [6.07, 6.45) is 2.46. The van der Waals surface area contributed by atoms with E-state index in [9.17, 15) is 4.79 Å². The summed E-state index contributed by atoms with van der Waals surface area (Å²) >= 11 is 10.7. The maximum Gasteiger partial charge on any atom is 0.164 e. The molecule has 4 heteroatoms. The third-order valence-electron chi connectivity index (χ3n) is 1.78. The van der Waals surface area contributed by atoms with Crippen molar-refractivity contribution in [3.05, 3.63) is 28.8 Å². The number of ketones is 1. The van der Waals surface area contributed by atoms with Crippen molar-refractivity contribution in [3.63, 3.8) is 0 Å². The van der Waals surface area contributed by atoms with E-state index in [1.165, 1.54) is 0 Å². The quantitative estimate of drug-likeness (QED) is 0.474. The van der Waals surface area contributed by atoms with Gasteiger partial charge < -0.3 is 0 Å². The van der Waals surface area contributed by atoms with Gasteiger partial charge in [-0.05, 0) is 24.5 Å². The molecule has 0 heterocycles. The molecular formula is C10H10BrClOS. The molecule has 76 valence electrons. The van der Waals surface area contributed by atoms with Crippen molar-refractivity contribution in [1.29, 1.82) is 0 Å². The first-order valence-corrected chi connectivity index (χ1v) is 6.84. The third-order valence-corrected chi connectivity index (χ3v) is 3.21. The minimum absolute atomic E-state index is 0.133. The van der Waals surface area contributed by atoms with Crippen LogP contribution in [0.1, 0.15) is 16.8 Å². The van der Waals surface area contributed by atoms with E-state index in [-0.39, 0.29) is 5.78 Å². The number of thioether (sulfide) groups is 1. The Hall–Kier alpha value is 0.01000. The lowest BCUT2D eigenvalue weighted by Crippen LogP contribution is -2.01. The smallest absolute Gasteiger partial charge is 0.164 e. The van der Waals surface area contributed by atoms with Crippen molar-refractivity contribution in [2.24, 2.45) is 0 Å². The van der Waals surface area contributed by atoms with Crippen LogP contribution in [-0.4, -0.2) is 17.4 Å². The van der Waals surface area contributed by atoms with Gasteiger partial charge in [0.15, 0.2) is 5.78 Å². The maximum atomic E-state index is 11.7. The van der Waals surface area contributed by atoms with Crippen LogP contribution in [0.4, 0.5) is 0 Å². The van der Waals surface area contributed by atoms with E-state index in [4.69, 9.17) is 11.6 Å². The van der Waals surface area contributed by atoms with E-state index in [0.29, 0.717) is 16.8 Å². The number of hydrogen-bond acceptors (Lipinski definition) is 2. The van der Waals surface area contributed by atoms with Gasteiger partial charge in [-0.3, -0.25) is 4.79 Å². The predicted molar refractivity (Wildman–Crippen MR) is 66.0 cm³/mol. The van der Waals surface area contributed by atoms with Gasteiger partial charge in [-0.2, -0.15) is 0 Å². The van der Waals surface area contributed by atoms with Gasteiger partial charge in [0.2, 0.25) is 0 Å². The summed E-state index contributed by atoms with van der Waals surface area (Å²) in [6, 6.07) is 5.42. The Morgan fingerprint density at radius 1 is 1.57 bits per heavy atom. The van der Waals surface area contributed by atoms with Crippen LogP contribution in [0.25, 0.3) is 0 Å². The Kier molecular flexibility index (Phi) is 4.99. The highest BCUT2D eigenvalue weighted by Crippen LogP contribution is 2.25. The van der Waals surface area contributed by atoms with E-state index < -0.39 is 0 Å². The average Bonchev–Trinajstić information content (AvgIpc) is 2.18. The van der Waals surface area contributed by atoms with Crippen molar-refractivity contribution in [1.82, 2.24) is 0 Å². The molecule has 0 saturated heterocycles. The zero-order valence-electron chi connectivity index (χ0n) is 7.72. The minimum Gasteiger partial charge on any atom is -0.294 e. The van der Waals surface area contributed by atoms with Crippen LogP contribution in [-0.2, 0) is 0 Å². The van der Waals surface area contributed by atoms with Crippen molar-refractivity contribution >= 4 is 45.1 Å². The molecule has 0 spiro atoms. The Morgan fingerprint density at radius 2 is 2.29 bits per heavy atom. The van der Waals surface area contributed by atoms with E-state index in [1.807, 2.05) is 12.3 Å². The van der Waals surface area contributed by atoms with Crippen molar-refractivity contribution in [2.75, 3.05) is 11.6 Å². The van der Waals surface area contributed by atoms with Gasteiger partial charge in [0, 0.05) is 27.2 Å². The molecule has 0 fully saturated rings. The third kappa shape index (κ3) is 3.01. The van der Waals surface area contributed by atoms with Crippen LogP contribution < -0.4 is 0 Å². The number of halogens is 2. The fourth-order valence-corrected chi connectivity index (χ4v) is 2.25. The highest BCUT2D eigenvalue weighted by atomic mass is 79.9. The summed E-state index contributed by atoms with van der Waals surface area (Å²) in [6.45, 7) is 0. The van der Waals surface area contributed by atoms with E-state index in [2.05, 4.69) is 15.9 Å². The van der Waals surface area contributed by atoms with E-state index in [1.54, 1.807) is 23.9 Å². The Balaban J connectivity index is 3.03. The van der Waals surface area contributed by atoms with Crippen molar-refractivity contribution < 1.29 is 4.79 Å². The van der Waals surface area contributed by atoms with Gasteiger partial charge in [0.1, 0.15) is 0 Å². The molecule has 1 aromatic rings. The molecule has 0 atom stereocenters. The number of carbonyl (C=O) groups is 1. The number of benzene rings is 1. The molecule has 0 N–H and O–H groups in total. The van der Waals surface area contributed by atoms with Crippen LogP contribution in [0.15, 0.2) is 23.1 Å². The lowest BCUT2D eigenvalue weighted by Gasteiger charge is -2.05. The monoisotopic (exact) mass is 292 g/mol. The van der Waals surface area contributed by atoms with Gasteiger partial charge >= 0.3 is 0 Å². The number of rotatable bonds is 4. The van der Waals surface area contributed by atoms with Gasteiger partial charge in [-0.15, -0.1) is 11.8 Å². The fraction of sp³-hybridized carbons (Fsp3) is 0.300. The molecule has 0 aromatic heterocycles. The molecule has 1 nitrogen and oxygen atoms in total. The Bertz CT molecular complexity index is 341. The molecule has 1 aromatic carbocycles. The first-order chi connectivity index (χ1) is 6.69. The van der Waals surface area contributed by atoms with Crippen molar-refractivity contribution in [3.8, 4) is 0 Å². The molecule has 0 aliphatic carbocycles. The lowest BCUT2D eigenvalue weighted by atomic mass is 10.1. The molecule has 0 aliphatic heterocycles. The highest BCUT2D eigenvalue weighted by molar-refractivity contribution is 9.09. The topological polar surface area (TPSA) is 17.1 Å². The molecule has 1 rings (SSSR count). The second-order valence-electron chi connectivity index (χ2n) is 2.71. The average molecular weight is 294 g/mol. The van der Waals surface area contributed by atoms with Crippen LogP contribution in [0.5, 0.6) is 0 Å².